The maximum Gasteiger partial charge on any atom is 0.420 e. The molecule has 0 spiro atoms. The number of alkyl halides is 3. The van der Waals surface area contributed by atoms with E-state index < -0.39 is 16.3 Å². The van der Waals surface area contributed by atoms with Crippen molar-refractivity contribution in [2.75, 3.05) is 0 Å². The van der Waals surface area contributed by atoms with Crippen LogP contribution in [0, 0.1) is 11.3 Å². The van der Waals surface area contributed by atoms with Gasteiger partial charge in [-0.05, 0) is 15.9 Å². The van der Waals surface area contributed by atoms with E-state index in [2.05, 4.69) is 25.9 Å². The van der Waals surface area contributed by atoms with E-state index in [1.54, 1.807) is 0 Å². The Hall–Kier alpha value is -1.16. The minimum Gasteiger partial charge on any atom is -0.227 e. The number of nitriles is 1. The summed E-state index contributed by atoms with van der Waals surface area (Å²) in [4.78, 5) is 6.48. The van der Waals surface area contributed by atoms with E-state index in [9.17, 15) is 13.2 Å². The maximum atomic E-state index is 12.1. The van der Waals surface area contributed by atoms with Crippen molar-refractivity contribution >= 4 is 15.9 Å². The van der Waals surface area contributed by atoms with Crippen LogP contribution < -0.4 is 0 Å². The smallest absolute Gasteiger partial charge is 0.227 e. The molecule has 0 unspecified atom stereocenters. The van der Waals surface area contributed by atoms with E-state index in [1.807, 2.05) is 0 Å². The topological polar surface area (TPSA) is 49.6 Å². The van der Waals surface area contributed by atoms with Crippen molar-refractivity contribution in [2.45, 2.75) is 6.18 Å². The Kier molecular flexibility index (Phi) is 2.52. The highest BCUT2D eigenvalue weighted by molar-refractivity contribution is 9.10. The zero-order valence-electron chi connectivity index (χ0n) is 5.93. The summed E-state index contributed by atoms with van der Waals surface area (Å²) in [5.74, 6) is -0.306. The molecule has 3 nitrogen and oxygen atoms in total. The van der Waals surface area contributed by atoms with Gasteiger partial charge in [0.1, 0.15) is 16.2 Å². The van der Waals surface area contributed by atoms with E-state index in [0.29, 0.717) is 6.20 Å². The van der Waals surface area contributed by atoms with Gasteiger partial charge in [0.05, 0.1) is 0 Å². The molecule has 0 bridgehead atoms. The molecule has 0 saturated heterocycles. The molecule has 0 N–H and O–H groups in total. The molecule has 7 heteroatoms. The van der Waals surface area contributed by atoms with Gasteiger partial charge in [-0.1, -0.05) is 0 Å². The van der Waals surface area contributed by atoms with Crippen LogP contribution in [-0.2, 0) is 6.18 Å². The summed E-state index contributed by atoms with van der Waals surface area (Å²) in [5, 5.41) is 8.28. The average Bonchev–Trinajstić information content (AvgIpc) is 2.01. The number of hydrogen-bond acceptors (Lipinski definition) is 3. The molecular formula is C6HBrF3N3. The number of hydrogen-bond donors (Lipinski definition) is 0. The SMILES string of the molecule is N#Cc1ncc(C(F)(F)F)c(Br)n1. The Labute approximate surface area is 79.4 Å². The van der Waals surface area contributed by atoms with Crippen molar-refractivity contribution in [3.05, 3.63) is 22.2 Å². The van der Waals surface area contributed by atoms with E-state index in [1.165, 1.54) is 6.07 Å². The van der Waals surface area contributed by atoms with Gasteiger partial charge < -0.3 is 0 Å². The van der Waals surface area contributed by atoms with Crippen molar-refractivity contribution in [3.63, 3.8) is 0 Å². The Morgan fingerprint density at radius 2 is 2.08 bits per heavy atom. The fraction of sp³-hybridized carbons (Fsp3) is 0.167. The molecule has 0 fully saturated rings. The Morgan fingerprint density at radius 3 is 2.46 bits per heavy atom. The summed E-state index contributed by atoms with van der Waals surface area (Å²) in [6, 6.07) is 1.53. The molecule has 0 aromatic carbocycles. The number of rotatable bonds is 0. The Morgan fingerprint density at radius 1 is 1.46 bits per heavy atom. The first-order chi connectivity index (χ1) is 5.95. The van der Waals surface area contributed by atoms with E-state index >= 15 is 0 Å². The molecule has 0 saturated carbocycles. The second kappa shape index (κ2) is 3.30. The van der Waals surface area contributed by atoms with E-state index in [0.717, 1.165) is 0 Å². The van der Waals surface area contributed by atoms with Gasteiger partial charge in [0.15, 0.2) is 0 Å². The molecule has 0 aliphatic heterocycles. The molecule has 13 heavy (non-hydrogen) atoms. The van der Waals surface area contributed by atoms with Gasteiger partial charge in [-0.15, -0.1) is 0 Å². The number of aromatic nitrogens is 2. The fourth-order valence-electron chi connectivity index (χ4n) is 0.605. The first-order valence-electron chi connectivity index (χ1n) is 2.95. The van der Waals surface area contributed by atoms with Crippen molar-refractivity contribution in [2.24, 2.45) is 0 Å². The van der Waals surface area contributed by atoms with Crippen molar-refractivity contribution < 1.29 is 13.2 Å². The maximum absolute atomic E-state index is 12.1. The van der Waals surface area contributed by atoms with Crippen molar-refractivity contribution in [1.82, 2.24) is 9.97 Å². The lowest BCUT2D eigenvalue weighted by Crippen LogP contribution is -2.08. The molecular weight excluding hydrogens is 251 g/mol. The average molecular weight is 252 g/mol. The van der Waals surface area contributed by atoms with Crippen LogP contribution in [0.15, 0.2) is 10.8 Å². The minimum atomic E-state index is -4.51. The van der Waals surface area contributed by atoms with Gasteiger partial charge in [0, 0.05) is 6.20 Å². The van der Waals surface area contributed by atoms with Crippen LogP contribution >= 0.6 is 15.9 Å². The highest BCUT2D eigenvalue weighted by Crippen LogP contribution is 2.32. The minimum absolute atomic E-state index is 0.306. The zero-order valence-corrected chi connectivity index (χ0v) is 7.52. The molecule has 0 aliphatic rings. The highest BCUT2D eigenvalue weighted by Gasteiger charge is 2.34. The summed E-state index contributed by atoms with van der Waals surface area (Å²) in [6.07, 6.45) is -3.94. The summed E-state index contributed by atoms with van der Waals surface area (Å²) in [5.41, 5.74) is -0.994. The first kappa shape index (κ1) is 9.92. The van der Waals surface area contributed by atoms with Crippen molar-refractivity contribution in [3.8, 4) is 6.07 Å². The third-order valence-corrected chi connectivity index (χ3v) is 1.75. The van der Waals surface area contributed by atoms with E-state index in [4.69, 9.17) is 5.26 Å². The van der Waals surface area contributed by atoms with Gasteiger partial charge >= 0.3 is 6.18 Å². The summed E-state index contributed by atoms with van der Waals surface area (Å²) < 4.78 is 35.8. The molecule has 0 amide bonds. The third-order valence-electron chi connectivity index (χ3n) is 1.15. The molecule has 0 aliphatic carbocycles. The Balaban J connectivity index is 3.23. The monoisotopic (exact) mass is 251 g/mol. The second-order valence-corrected chi connectivity index (χ2v) is 2.76. The van der Waals surface area contributed by atoms with Crippen LogP contribution in [0.3, 0.4) is 0 Å². The number of nitrogens with zero attached hydrogens (tertiary/aromatic N) is 3. The molecule has 0 radical (unpaired) electrons. The normalized spacial score (nSPS) is 11.0. The summed E-state index contributed by atoms with van der Waals surface area (Å²) in [6.45, 7) is 0. The predicted molar refractivity (Wildman–Crippen MR) is 39.4 cm³/mol. The third kappa shape index (κ3) is 2.15. The lowest BCUT2D eigenvalue weighted by atomic mass is 10.3. The van der Waals surface area contributed by atoms with Gasteiger partial charge in [0.2, 0.25) is 5.82 Å². The van der Waals surface area contributed by atoms with Crippen LogP contribution in [0.5, 0.6) is 0 Å². The molecule has 1 rings (SSSR count). The fourth-order valence-corrected chi connectivity index (χ4v) is 1.10. The Bertz CT molecular complexity index is 368. The van der Waals surface area contributed by atoms with Gasteiger partial charge in [-0.25, -0.2) is 9.97 Å². The molecule has 1 aromatic rings. The number of halogens is 4. The van der Waals surface area contributed by atoms with E-state index in [-0.39, 0.29) is 5.82 Å². The summed E-state index contributed by atoms with van der Waals surface area (Å²) in [7, 11) is 0. The standard InChI is InChI=1S/C6HBrF3N3/c7-5-3(6(8,9)10)2-12-4(1-11)13-5/h2H. The van der Waals surface area contributed by atoms with Crippen LogP contribution in [0.1, 0.15) is 11.4 Å². The zero-order chi connectivity index (χ0) is 10.1. The molecule has 68 valence electrons. The van der Waals surface area contributed by atoms with Gasteiger partial charge in [-0.3, -0.25) is 0 Å². The van der Waals surface area contributed by atoms with Crippen LogP contribution in [0.25, 0.3) is 0 Å². The highest BCUT2D eigenvalue weighted by atomic mass is 79.9. The predicted octanol–water partition coefficient (Wildman–Crippen LogP) is 2.13. The quantitative estimate of drug-likeness (QED) is 0.664. The molecule has 0 atom stereocenters. The molecule has 1 heterocycles. The lowest BCUT2D eigenvalue weighted by molar-refractivity contribution is -0.138. The van der Waals surface area contributed by atoms with Crippen LogP contribution in [0.4, 0.5) is 13.2 Å². The lowest BCUT2D eigenvalue weighted by Gasteiger charge is -2.06. The molecule has 1 aromatic heterocycles. The second-order valence-electron chi connectivity index (χ2n) is 2.01. The summed E-state index contributed by atoms with van der Waals surface area (Å²) >= 11 is 2.60. The van der Waals surface area contributed by atoms with Crippen LogP contribution in [0.2, 0.25) is 0 Å². The largest absolute Gasteiger partial charge is 0.420 e. The van der Waals surface area contributed by atoms with Gasteiger partial charge in [-0.2, -0.15) is 18.4 Å². The first-order valence-corrected chi connectivity index (χ1v) is 3.74. The van der Waals surface area contributed by atoms with Crippen molar-refractivity contribution in [1.29, 1.82) is 5.26 Å². The van der Waals surface area contributed by atoms with Gasteiger partial charge in [0.25, 0.3) is 0 Å². The van der Waals surface area contributed by atoms with Crippen LogP contribution in [-0.4, -0.2) is 9.97 Å².